The minimum Gasteiger partial charge on any atom is -0.262 e. The summed E-state index contributed by atoms with van der Waals surface area (Å²) in [5.41, 5.74) is 0. The van der Waals surface area contributed by atoms with E-state index in [9.17, 15) is 0 Å². The molecule has 0 aromatic carbocycles. The third-order valence-corrected chi connectivity index (χ3v) is 3.53. The number of rotatable bonds is 0. The first-order chi connectivity index (χ1) is 9.35. The molecule has 5 nitrogen and oxygen atoms in total. The second-order valence-corrected chi connectivity index (χ2v) is 4.85. The summed E-state index contributed by atoms with van der Waals surface area (Å²) in [5.74, 6) is 0. The number of hydrogen-bond acceptors (Lipinski definition) is 4. The average Bonchev–Trinajstić information content (AvgIpc) is 2.47. The summed E-state index contributed by atoms with van der Waals surface area (Å²) in [5, 5.41) is 4.17. The lowest BCUT2D eigenvalue weighted by atomic mass is 10.2. The lowest BCUT2D eigenvalue weighted by Gasteiger charge is -2.30. The summed E-state index contributed by atoms with van der Waals surface area (Å²) >= 11 is 0. The molecule has 0 saturated carbocycles. The molecule has 5 heteroatoms. The van der Waals surface area contributed by atoms with E-state index in [0.29, 0.717) is 11.2 Å². The molecule has 1 unspecified atom stereocenters. The van der Waals surface area contributed by atoms with Crippen LogP contribution >= 0.6 is 0 Å². The Labute approximate surface area is 109 Å². The third kappa shape index (κ3) is 1.67. The summed E-state index contributed by atoms with van der Waals surface area (Å²) in [7, 11) is 0. The van der Waals surface area contributed by atoms with Crippen LogP contribution in [0.1, 0.15) is 0 Å². The summed E-state index contributed by atoms with van der Waals surface area (Å²) in [6.45, 7) is 1.57. The van der Waals surface area contributed by atoms with Crippen LogP contribution in [-0.4, -0.2) is 32.6 Å². The fourth-order valence-corrected chi connectivity index (χ4v) is 2.56. The van der Waals surface area contributed by atoms with Gasteiger partial charge in [-0.15, -0.1) is 0 Å². The molecule has 0 fully saturated rings. The Morgan fingerprint density at radius 2 is 2.00 bits per heavy atom. The SMILES string of the molecule is C1=c2ccncc2=NC[N+]12C=c1cncnc1=CC2. The molecule has 0 N–H and O–H groups in total. The average molecular weight is 250 g/mol. The Kier molecular flexibility index (Phi) is 2.10. The maximum atomic E-state index is 4.63. The minimum absolute atomic E-state index is 0.692. The fourth-order valence-electron chi connectivity index (χ4n) is 2.56. The van der Waals surface area contributed by atoms with Gasteiger partial charge < -0.3 is 0 Å². The summed E-state index contributed by atoms with van der Waals surface area (Å²) < 4.78 is 0.692. The standard InChI is InChI=1S/C14H12N5/c1-3-15-6-14-11(1)7-19(10-18-14)4-2-13-12(8-19)5-16-9-17-13/h1-3,5-9H,4,10H2/q+1. The van der Waals surface area contributed by atoms with Crippen LogP contribution in [0.15, 0.2) is 36.0 Å². The first kappa shape index (κ1) is 10.5. The van der Waals surface area contributed by atoms with Gasteiger partial charge in [0.1, 0.15) is 25.3 Å². The normalized spacial score (nSPS) is 23.2. The second kappa shape index (κ2) is 3.80. The van der Waals surface area contributed by atoms with Gasteiger partial charge in [0.15, 0.2) is 6.67 Å². The Hall–Kier alpha value is -2.40. The summed E-state index contributed by atoms with van der Waals surface area (Å²) in [6.07, 6.45) is 13.6. The van der Waals surface area contributed by atoms with Crippen molar-refractivity contribution >= 4 is 18.5 Å². The highest BCUT2D eigenvalue weighted by atomic mass is 15.4. The molecule has 0 saturated heterocycles. The van der Waals surface area contributed by atoms with Crippen molar-refractivity contribution in [1.29, 1.82) is 0 Å². The van der Waals surface area contributed by atoms with E-state index in [4.69, 9.17) is 0 Å². The zero-order chi connectivity index (χ0) is 12.7. The van der Waals surface area contributed by atoms with Crippen molar-refractivity contribution in [2.45, 2.75) is 0 Å². The topological polar surface area (TPSA) is 51.0 Å². The van der Waals surface area contributed by atoms with E-state index in [2.05, 4.69) is 38.4 Å². The first-order valence-electron chi connectivity index (χ1n) is 6.18. The third-order valence-electron chi connectivity index (χ3n) is 3.53. The first-order valence-corrected chi connectivity index (χ1v) is 6.18. The Morgan fingerprint density at radius 1 is 1.05 bits per heavy atom. The lowest BCUT2D eigenvalue weighted by molar-refractivity contribution is -0.762. The molecule has 4 rings (SSSR count). The molecule has 2 aliphatic heterocycles. The highest BCUT2D eigenvalue weighted by Crippen LogP contribution is 2.12. The van der Waals surface area contributed by atoms with Gasteiger partial charge in [0.25, 0.3) is 0 Å². The van der Waals surface area contributed by atoms with E-state index in [1.54, 1.807) is 12.5 Å². The van der Waals surface area contributed by atoms with Crippen molar-refractivity contribution in [1.82, 2.24) is 15.0 Å². The van der Waals surface area contributed by atoms with Gasteiger partial charge in [-0.25, -0.2) is 19.4 Å². The number of fused-ring (bicyclic) bond motifs is 2. The van der Waals surface area contributed by atoms with Crippen molar-refractivity contribution in [3.8, 4) is 0 Å². The number of aromatic nitrogens is 3. The molecule has 0 amide bonds. The van der Waals surface area contributed by atoms with Gasteiger partial charge in [0.05, 0.1) is 27.3 Å². The van der Waals surface area contributed by atoms with Crippen LogP contribution in [0.3, 0.4) is 0 Å². The minimum atomic E-state index is 0.692. The van der Waals surface area contributed by atoms with E-state index in [1.165, 1.54) is 0 Å². The van der Waals surface area contributed by atoms with Crippen LogP contribution in [-0.2, 0) is 0 Å². The Balaban J connectivity index is 1.96. The molecule has 19 heavy (non-hydrogen) atoms. The van der Waals surface area contributed by atoms with Gasteiger partial charge >= 0.3 is 0 Å². The zero-order valence-corrected chi connectivity index (χ0v) is 10.3. The van der Waals surface area contributed by atoms with E-state index in [0.717, 1.165) is 27.7 Å². The molecule has 2 aromatic rings. The Bertz CT molecular complexity index is 809. The highest BCUT2D eigenvalue weighted by molar-refractivity contribution is 5.35. The van der Waals surface area contributed by atoms with Crippen LogP contribution in [0.4, 0.5) is 0 Å². The van der Waals surface area contributed by atoms with Crippen LogP contribution in [0.2, 0.25) is 0 Å². The quantitative estimate of drug-likeness (QED) is 0.521. The van der Waals surface area contributed by atoms with E-state index >= 15 is 0 Å². The maximum Gasteiger partial charge on any atom is 0.182 e. The molecule has 92 valence electrons. The summed E-state index contributed by atoms with van der Waals surface area (Å²) in [6, 6.07) is 2.00. The molecule has 0 bridgehead atoms. The summed E-state index contributed by atoms with van der Waals surface area (Å²) in [4.78, 5) is 17.1. The van der Waals surface area contributed by atoms with Crippen molar-refractivity contribution in [2.24, 2.45) is 4.99 Å². The Morgan fingerprint density at radius 3 is 3.00 bits per heavy atom. The molecule has 2 aromatic heterocycles. The molecular weight excluding hydrogens is 238 g/mol. The van der Waals surface area contributed by atoms with Crippen LogP contribution in [0.25, 0.3) is 18.5 Å². The van der Waals surface area contributed by atoms with Gasteiger partial charge in [0, 0.05) is 12.4 Å². The van der Waals surface area contributed by atoms with Crippen molar-refractivity contribution < 1.29 is 4.48 Å². The second-order valence-electron chi connectivity index (χ2n) is 4.85. The van der Waals surface area contributed by atoms with Gasteiger partial charge in [-0.1, -0.05) is 0 Å². The van der Waals surface area contributed by atoms with Gasteiger partial charge in [0.2, 0.25) is 0 Å². The van der Waals surface area contributed by atoms with Crippen molar-refractivity contribution in [2.75, 3.05) is 13.2 Å². The van der Waals surface area contributed by atoms with E-state index in [-0.39, 0.29) is 0 Å². The van der Waals surface area contributed by atoms with Crippen LogP contribution in [0.5, 0.6) is 0 Å². The monoisotopic (exact) mass is 250 g/mol. The molecule has 4 heterocycles. The number of quaternary nitrogens is 1. The van der Waals surface area contributed by atoms with Crippen LogP contribution < -0.4 is 21.1 Å². The molecule has 1 atom stereocenters. The number of nitrogens with zero attached hydrogens (tertiary/aromatic N) is 5. The smallest absolute Gasteiger partial charge is 0.182 e. The van der Waals surface area contributed by atoms with E-state index < -0.39 is 0 Å². The maximum absolute atomic E-state index is 4.63. The number of pyridine rings is 1. The molecule has 1 spiro atoms. The predicted molar refractivity (Wildman–Crippen MR) is 69.7 cm³/mol. The predicted octanol–water partition coefficient (Wildman–Crippen LogP) is -1.75. The lowest BCUT2D eigenvalue weighted by Crippen LogP contribution is -2.51. The highest BCUT2D eigenvalue weighted by Gasteiger charge is 2.25. The molecule has 0 radical (unpaired) electrons. The van der Waals surface area contributed by atoms with Gasteiger partial charge in [-0.3, -0.25) is 4.98 Å². The zero-order valence-electron chi connectivity index (χ0n) is 10.3. The fraction of sp³-hybridized carbons (Fsp3) is 0.143. The molecule has 0 aliphatic carbocycles. The van der Waals surface area contributed by atoms with Crippen molar-refractivity contribution in [3.63, 3.8) is 0 Å². The van der Waals surface area contributed by atoms with E-state index in [1.807, 2.05) is 18.5 Å². The molecule has 2 aliphatic rings. The van der Waals surface area contributed by atoms with Crippen LogP contribution in [0, 0.1) is 0 Å². The molecular formula is C14H12N5+. The number of hydrogen-bond donors (Lipinski definition) is 0. The van der Waals surface area contributed by atoms with Crippen molar-refractivity contribution in [3.05, 3.63) is 52.1 Å². The largest absolute Gasteiger partial charge is 0.262 e. The van der Waals surface area contributed by atoms with Gasteiger partial charge in [-0.2, -0.15) is 0 Å². The van der Waals surface area contributed by atoms with Gasteiger partial charge in [-0.05, 0) is 12.1 Å².